The first-order valence-electron chi connectivity index (χ1n) is 11.0. The zero-order chi connectivity index (χ0) is 21.5. The molecule has 1 fully saturated rings. The molecule has 6 nitrogen and oxygen atoms in total. The van der Waals surface area contributed by atoms with E-state index < -0.39 is 0 Å². The van der Waals surface area contributed by atoms with Crippen molar-refractivity contribution < 1.29 is 4.39 Å². The molecule has 1 aliphatic heterocycles. The Morgan fingerprint density at radius 3 is 2.84 bits per heavy atom. The van der Waals surface area contributed by atoms with Gasteiger partial charge in [-0.15, -0.1) is 0 Å². The summed E-state index contributed by atoms with van der Waals surface area (Å²) in [6.45, 7) is 2.62. The van der Waals surface area contributed by atoms with Gasteiger partial charge in [0.1, 0.15) is 17.1 Å². The Morgan fingerprint density at radius 1 is 1.06 bits per heavy atom. The van der Waals surface area contributed by atoms with Crippen LogP contribution in [-0.2, 0) is 6.54 Å². The Kier molecular flexibility index (Phi) is 4.69. The SMILES string of the molecule is Fc1cncc(Cn2ccc3ccc(-c4ccnc5[nH]c(C6CCNCC6)cc45)nc32)c1. The molecule has 2 N–H and O–H groups in total. The summed E-state index contributed by atoms with van der Waals surface area (Å²) < 4.78 is 15.6. The summed E-state index contributed by atoms with van der Waals surface area (Å²) in [6, 6.07) is 12.0. The van der Waals surface area contributed by atoms with Crippen molar-refractivity contribution >= 4 is 22.1 Å². The average molecular weight is 426 g/mol. The van der Waals surface area contributed by atoms with Crippen molar-refractivity contribution in [3.8, 4) is 11.3 Å². The topological polar surface area (TPSA) is 71.4 Å². The number of aromatic amines is 1. The maximum atomic E-state index is 13.6. The third-order valence-corrected chi connectivity index (χ3v) is 6.33. The second kappa shape index (κ2) is 7.84. The van der Waals surface area contributed by atoms with Crippen molar-refractivity contribution in [2.75, 3.05) is 13.1 Å². The first-order chi connectivity index (χ1) is 15.7. The second-order valence-corrected chi connectivity index (χ2v) is 8.43. The summed E-state index contributed by atoms with van der Waals surface area (Å²) in [4.78, 5) is 17.1. The van der Waals surface area contributed by atoms with Crippen LogP contribution in [-0.4, -0.2) is 37.6 Å². The minimum Gasteiger partial charge on any atom is -0.343 e. The van der Waals surface area contributed by atoms with Gasteiger partial charge in [-0.1, -0.05) is 0 Å². The van der Waals surface area contributed by atoms with Gasteiger partial charge in [0, 0.05) is 46.5 Å². The summed E-state index contributed by atoms with van der Waals surface area (Å²) in [5.74, 6) is 0.203. The lowest BCUT2D eigenvalue weighted by Gasteiger charge is -2.21. The van der Waals surface area contributed by atoms with Crippen molar-refractivity contribution in [3.05, 3.63) is 78.3 Å². The molecule has 6 heterocycles. The van der Waals surface area contributed by atoms with Gasteiger partial charge in [-0.25, -0.2) is 14.4 Å². The van der Waals surface area contributed by atoms with Gasteiger partial charge in [0.05, 0.1) is 18.4 Å². The van der Waals surface area contributed by atoms with Crippen LogP contribution in [0.3, 0.4) is 0 Å². The summed E-state index contributed by atoms with van der Waals surface area (Å²) >= 11 is 0. The number of rotatable bonds is 4. The minimum absolute atomic E-state index is 0.330. The molecule has 0 amide bonds. The molecule has 5 aromatic heterocycles. The Morgan fingerprint density at radius 2 is 1.97 bits per heavy atom. The molecule has 1 aliphatic rings. The molecule has 0 spiro atoms. The van der Waals surface area contributed by atoms with Crippen LogP contribution in [0.4, 0.5) is 4.39 Å². The smallest absolute Gasteiger partial charge is 0.141 e. The third-order valence-electron chi connectivity index (χ3n) is 6.33. The molecular formula is C25H23FN6. The number of hydrogen-bond acceptors (Lipinski definition) is 4. The number of nitrogens with zero attached hydrogens (tertiary/aromatic N) is 4. The number of pyridine rings is 3. The largest absolute Gasteiger partial charge is 0.343 e. The molecule has 0 radical (unpaired) electrons. The van der Waals surface area contributed by atoms with E-state index in [9.17, 15) is 4.39 Å². The molecule has 0 bridgehead atoms. The van der Waals surface area contributed by atoms with E-state index in [-0.39, 0.29) is 5.82 Å². The number of halogens is 1. The lowest BCUT2D eigenvalue weighted by Crippen LogP contribution is -2.26. The molecule has 0 aliphatic carbocycles. The average Bonchev–Trinajstić information content (AvgIpc) is 3.44. The highest BCUT2D eigenvalue weighted by atomic mass is 19.1. The van der Waals surface area contributed by atoms with Crippen LogP contribution < -0.4 is 5.32 Å². The van der Waals surface area contributed by atoms with E-state index in [0.29, 0.717) is 12.5 Å². The van der Waals surface area contributed by atoms with Gasteiger partial charge in [0.15, 0.2) is 0 Å². The Labute approximate surface area is 184 Å². The summed E-state index contributed by atoms with van der Waals surface area (Å²) in [6.07, 6.45) is 9.00. The fraction of sp³-hybridized carbons (Fsp3) is 0.240. The number of nitrogens with one attached hydrogen (secondary N) is 2. The van der Waals surface area contributed by atoms with E-state index in [1.165, 1.54) is 18.0 Å². The summed E-state index contributed by atoms with van der Waals surface area (Å²) in [5.41, 5.74) is 5.79. The van der Waals surface area contributed by atoms with E-state index in [4.69, 9.17) is 4.98 Å². The predicted molar refractivity (Wildman–Crippen MR) is 123 cm³/mol. The minimum atomic E-state index is -0.330. The molecule has 32 heavy (non-hydrogen) atoms. The number of piperidine rings is 1. The molecule has 160 valence electrons. The first-order valence-corrected chi connectivity index (χ1v) is 11.0. The van der Waals surface area contributed by atoms with Crippen molar-refractivity contribution in [2.45, 2.75) is 25.3 Å². The van der Waals surface area contributed by atoms with E-state index in [1.807, 2.05) is 29.1 Å². The van der Waals surface area contributed by atoms with Gasteiger partial charge in [-0.05, 0) is 67.9 Å². The maximum absolute atomic E-state index is 13.6. The van der Waals surface area contributed by atoms with Gasteiger partial charge >= 0.3 is 0 Å². The summed E-state index contributed by atoms with van der Waals surface area (Å²) in [7, 11) is 0. The van der Waals surface area contributed by atoms with Gasteiger partial charge in [0.25, 0.3) is 0 Å². The van der Waals surface area contributed by atoms with Gasteiger partial charge in [0.2, 0.25) is 0 Å². The lowest BCUT2D eigenvalue weighted by molar-refractivity contribution is 0.455. The second-order valence-electron chi connectivity index (χ2n) is 8.43. The monoisotopic (exact) mass is 426 g/mol. The number of H-pyrrole nitrogens is 1. The molecule has 6 rings (SSSR count). The lowest BCUT2D eigenvalue weighted by atomic mass is 9.94. The molecule has 0 atom stereocenters. The Hall–Kier alpha value is -3.58. The van der Waals surface area contributed by atoms with Crippen LogP contribution in [0.2, 0.25) is 0 Å². The highest BCUT2D eigenvalue weighted by molar-refractivity contribution is 5.94. The molecule has 0 saturated carbocycles. The predicted octanol–water partition coefficient (Wildman–Crippen LogP) is 4.63. The van der Waals surface area contributed by atoms with Crippen LogP contribution in [0.25, 0.3) is 33.3 Å². The Bertz CT molecular complexity index is 1410. The maximum Gasteiger partial charge on any atom is 0.141 e. The molecule has 5 aromatic rings. The first kappa shape index (κ1) is 19.1. The third kappa shape index (κ3) is 3.44. The van der Waals surface area contributed by atoms with Crippen molar-refractivity contribution in [1.29, 1.82) is 0 Å². The fourth-order valence-electron chi connectivity index (χ4n) is 4.70. The van der Waals surface area contributed by atoms with Gasteiger partial charge in [-0.2, -0.15) is 0 Å². The molecule has 0 unspecified atom stereocenters. The van der Waals surface area contributed by atoms with E-state index in [1.54, 1.807) is 6.20 Å². The van der Waals surface area contributed by atoms with Crippen molar-refractivity contribution in [1.82, 2.24) is 29.8 Å². The highest BCUT2D eigenvalue weighted by Gasteiger charge is 2.19. The number of fused-ring (bicyclic) bond motifs is 2. The van der Waals surface area contributed by atoms with Crippen LogP contribution >= 0.6 is 0 Å². The summed E-state index contributed by atoms with van der Waals surface area (Å²) in [5, 5.41) is 5.58. The van der Waals surface area contributed by atoms with Crippen LogP contribution in [0, 0.1) is 5.82 Å². The van der Waals surface area contributed by atoms with E-state index in [2.05, 4.69) is 38.5 Å². The molecule has 7 heteroatoms. The normalized spacial score (nSPS) is 15.0. The zero-order valence-corrected chi connectivity index (χ0v) is 17.6. The Balaban J connectivity index is 1.40. The number of aromatic nitrogens is 5. The fourth-order valence-corrected chi connectivity index (χ4v) is 4.70. The standard InChI is InChI=1S/C25H23FN6/c26-19-11-16(13-28-14-19)15-32-10-6-18-1-2-22(31-25(18)32)20-5-9-29-24-21(20)12-23(30-24)17-3-7-27-8-4-17/h1-2,5-6,9-14,17,27H,3-4,7-8,15H2,(H,29,30). The number of hydrogen-bond donors (Lipinski definition) is 2. The molecule has 1 saturated heterocycles. The van der Waals surface area contributed by atoms with Crippen molar-refractivity contribution in [2.24, 2.45) is 0 Å². The van der Waals surface area contributed by atoms with E-state index >= 15 is 0 Å². The quantitative estimate of drug-likeness (QED) is 0.440. The highest BCUT2D eigenvalue weighted by Crippen LogP contribution is 2.32. The van der Waals surface area contributed by atoms with Gasteiger partial charge < -0.3 is 14.9 Å². The van der Waals surface area contributed by atoms with Crippen LogP contribution in [0.1, 0.15) is 30.0 Å². The molecular weight excluding hydrogens is 403 g/mol. The van der Waals surface area contributed by atoms with Crippen LogP contribution in [0.5, 0.6) is 0 Å². The van der Waals surface area contributed by atoms with E-state index in [0.717, 1.165) is 64.8 Å². The van der Waals surface area contributed by atoms with Crippen molar-refractivity contribution in [3.63, 3.8) is 0 Å². The molecule has 0 aromatic carbocycles. The van der Waals surface area contributed by atoms with Gasteiger partial charge in [-0.3, -0.25) is 4.98 Å². The van der Waals surface area contributed by atoms with Crippen LogP contribution in [0.15, 0.2) is 61.2 Å². The zero-order valence-electron chi connectivity index (χ0n) is 17.6.